The van der Waals surface area contributed by atoms with E-state index in [0.717, 1.165) is 0 Å². The van der Waals surface area contributed by atoms with Crippen LogP contribution in [0.1, 0.15) is 11.6 Å². The summed E-state index contributed by atoms with van der Waals surface area (Å²) < 4.78 is 0.711. The molecule has 6 heteroatoms. The van der Waals surface area contributed by atoms with Gasteiger partial charge in [-0.15, -0.1) is 0 Å². The first-order valence-corrected chi connectivity index (χ1v) is 7.28. The number of nitrogens with two attached hydrogens (primary N) is 1. The quantitative estimate of drug-likeness (QED) is 0.834. The van der Waals surface area contributed by atoms with Gasteiger partial charge in [0, 0.05) is 20.2 Å². The molecule has 2 aromatic carbocycles. The molecule has 104 valence electrons. The molecule has 0 aliphatic rings. The molecule has 2 rings (SSSR count). The van der Waals surface area contributed by atoms with E-state index in [4.69, 9.17) is 28.9 Å². The van der Waals surface area contributed by atoms with Crippen molar-refractivity contribution in [3.63, 3.8) is 0 Å². The highest BCUT2D eigenvalue weighted by Gasteiger charge is 2.20. The molecule has 0 radical (unpaired) electrons. The molecule has 1 amide bonds. The van der Waals surface area contributed by atoms with Crippen LogP contribution in [0.25, 0.3) is 0 Å². The average molecular weight is 374 g/mol. The minimum Gasteiger partial charge on any atom is -0.370 e. The van der Waals surface area contributed by atoms with Crippen molar-refractivity contribution in [3.05, 3.63) is 62.5 Å². The van der Waals surface area contributed by atoms with Crippen LogP contribution in [0.5, 0.6) is 0 Å². The second-order valence-corrected chi connectivity index (χ2v) is 5.88. The van der Waals surface area contributed by atoms with Gasteiger partial charge in [-0.2, -0.15) is 0 Å². The average Bonchev–Trinajstić information content (AvgIpc) is 2.36. The van der Waals surface area contributed by atoms with E-state index < -0.39 is 11.9 Å². The van der Waals surface area contributed by atoms with Crippen molar-refractivity contribution in [2.75, 3.05) is 5.32 Å². The monoisotopic (exact) mass is 372 g/mol. The summed E-state index contributed by atoms with van der Waals surface area (Å²) in [6.07, 6.45) is 0. The highest BCUT2D eigenvalue weighted by atomic mass is 79.9. The lowest BCUT2D eigenvalue weighted by molar-refractivity contribution is -0.118. The zero-order chi connectivity index (χ0) is 14.7. The Hall–Kier alpha value is -1.23. The fraction of sp³-hybridized carbons (Fsp3) is 0.0714. The van der Waals surface area contributed by atoms with Gasteiger partial charge in [0.25, 0.3) is 0 Å². The summed E-state index contributed by atoms with van der Waals surface area (Å²) in [5.74, 6) is -0.493. The molecule has 0 saturated carbocycles. The number of halogens is 3. The van der Waals surface area contributed by atoms with Gasteiger partial charge in [-0.3, -0.25) is 4.79 Å². The third-order valence-corrected chi connectivity index (χ3v) is 3.85. The van der Waals surface area contributed by atoms with E-state index in [-0.39, 0.29) is 0 Å². The van der Waals surface area contributed by atoms with E-state index >= 15 is 0 Å². The maximum atomic E-state index is 11.7. The van der Waals surface area contributed by atoms with E-state index in [1.807, 2.05) is 6.07 Å². The Balaban J connectivity index is 2.34. The summed E-state index contributed by atoms with van der Waals surface area (Å²) in [5.41, 5.74) is 6.89. The number of hydrogen-bond donors (Lipinski definition) is 2. The van der Waals surface area contributed by atoms with Crippen LogP contribution in [-0.4, -0.2) is 5.91 Å². The van der Waals surface area contributed by atoms with Crippen LogP contribution in [0.2, 0.25) is 10.0 Å². The van der Waals surface area contributed by atoms with E-state index in [0.29, 0.717) is 25.8 Å². The largest absolute Gasteiger partial charge is 0.370 e. The molecule has 0 bridgehead atoms. The number of rotatable bonds is 4. The van der Waals surface area contributed by atoms with Crippen molar-refractivity contribution >= 4 is 50.7 Å². The summed E-state index contributed by atoms with van der Waals surface area (Å²) in [6.45, 7) is 0. The standard InChI is InChI=1S/C14H11BrCl2N2O/c15-12-7-9(17)4-5-11(12)13(14(18)20)19-10-3-1-2-8(16)6-10/h1-7,13,19H,(H2,18,20). The highest BCUT2D eigenvalue weighted by Crippen LogP contribution is 2.29. The highest BCUT2D eigenvalue weighted by molar-refractivity contribution is 9.10. The second-order valence-electron chi connectivity index (χ2n) is 4.16. The Labute approximate surface area is 135 Å². The van der Waals surface area contributed by atoms with Gasteiger partial charge in [0.05, 0.1) is 0 Å². The summed E-state index contributed by atoms with van der Waals surface area (Å²) in [4.78, 5) is 11.7. The smallest absolute Gasteiger partial charge is 0.244 e. The van der Waals surface area contributed by atoms with Crippen molar-refractivity contribution in [2.45, 2.75) is 6.04 Å². The lowest BCUT2D eigenvalue weighted by Crippen LogP contribution is -2.28. The maximum absolute atomic E-state index is 11.7. The second kappa shape index (κ2) is 6.48. The van der Waals surface area contributed by atoms with Gasteiger partial charge in [0.1, 0.15) is 6.04 Å². The van der Waals surface area contributed by atoms with Gasteiger partial charge in [0.2, 0.25) is 5.91 Å². The summed E-state index contributed by atoms with van der Waals surface area (Å²) >= 11 is 15.2. The maximum Gasteiger partial charge on any atom is 0.244 e. The molecule has 20 heavy (non-hydrogen) atoms. The van der Waals surface area contributed by atoms with E-state index in [9.17, 15) is 4.79 Å². The number of hydrogen-bond acceptors (Lipinski definition) is 2. The number of primary amides is 1. The van der Waals surface area contributed by atoms with Crippen LogP contribution in [-0.2, 0) is 4.79 Å². The van der Waals surface area contributed by atoms with Crippen molar-refractivity contribution in [1.82, 2.24) is 0 Å². The first-order valence-electron chi connectivity index (χ1n) is 5.74. The zero-order valence-electron chi connectivity index (χ0n) is 10.2. The number of carbonyl (C=O) groups excluding carboxylic acids is 1. The molecule has 1 unspecified atom stereocenters. The molecule has 2 aromatic rings. The summed E-state index contributed by atoms with van der Waals surface area (Å²) in [7, 11) is 0. The van der Waals surface area contributed by atoms with Gasteiger partial charge >= 0.3 is 0 Å². The Kier molecular flexibility index (Phi) is 4.91. The number of nitrogens with one attached hydrogen (secondary N) is 1. The molecule has 0 spiro atoms. The van der Waals surface area contributed by atoms with Crippen LogP contribution in [0, 0.1) is 0 Å². The minimum atomic E-state index is -0.680. The summed E-state index contributed by atoms with van der Waals surface area (Å²) in [5, 5.41) is 4.22. The third-order valence-electron chi connectivity index (χ3n) is 2.69. The molecular formula is C14H11BrCl2N2O. The van der Waals surface area contributed by atoms with E-state index in [2.05, 4.69) is 21.2 Å². The topological polar surface area (TPSA) is 55.1 Å². The Bertz CT molecular complexity index is 649. The molecule has 0 aromatic heterocycles. The predicted octanol–water partition coefficient (Wildman–Crippen LogP) is 4.39. The fourth-order valence-corrected chi connectivity index (χ4v) is 2.88. The first-order chi connectivity index (χ1) is 9.47. The lowest BCUT2D eigenvalue weighted by atomic mass is 10.1. The number of benzene rings is 2. The van der Waals surface area contributed by atoms with E-state index in [1.165, 1.54) is 0 Å². The molecule has 3 nitrogen and oxygen atoms in total. The number of amides is 1. The van der Waals surface area contributed by atoms with Crippen molar-refractivity contribution < 1.29 is 4.79 Å². The molecule has 0 heterocycles. The van der Waals surface area contributed by atoms with Gasteiger partial charge in [-0.25, -0.2) is 0 Å². The number of carbonyl (C=O) groups is 1. The van der Waals surface area contributed by atoms with Crippen LogP contribution in [0.15, 0.2) is 46.9 Å². The normalized spacial score (nSPS) is 11.9. The van der Waals surface area contributed by atoms with Crippen molar-refractivity contribution in [1.29, 1.82) is 0 Å². The van der Waals surface area contributed by atoms with Gasteiger partial charge in [0.15, 0.2) is 0 Å². The predicted molar refractivity (Wildman–Crippen MR) is 86.2 cm³/mol. The van der Waals surface area contributed by atoms with Crippen LogP contribution < -0.4 is 11.1 Å². The molecule has 0 aliphatic carbocycles. The molecule has 0 fully saturated rings. The van der Waals surface area contributed by atoms with E-state index in [1.54, 1.807) is 36.4 Å². The Morgan fingerprint density at radius 2 is 1.85 bits per heavy atom. The number of anilines is 1. The molecular weight excluding hydrogens is 363 g/mol. The van der Waals surface area contributed by atoms with Crippen molar-refractivity contribution in [3.8, 4) is 0 Å². The van der Waals surface area contributed by atoms with Gasteiger partial charge in [-0.1, -0.05) is 51.3 Å². The zero-order valence-corrected chi connectivity index (χ0v) is 13.3. The Morgan fingerprint density at radius 3 is 2.45 bits per heavy atom. The minimum absolute atomic E-state index is 0.493. The molecule has 3 N–H and O–H groups in total. The summed E-state index contributed by atoms with van der Waals surface area (Å²) in [6, 6.07) is 11.6. The third kappa shape index (κ3) is 3.66. The van der Waals surface area contributed by atoms with Crippen LogP contribution >= 0.6 is 39.1 Å². The molecule has 0 aliphatic heterocycles. The van der Waals surface area contributed by atoms with Gasteiger partial charge in [-0.05, 0) is 35.9 Å². The van der Waals surface area contributed by atoms with Gasteiger partial charge < -0.3 is 11.1 Å². The SMILES string of the molecule is NC(=O)C(Nc1cccc(Cl)c1)c1ccc(Cl)cc1Br. The lowest BCUT2D eigenvalue weighted by Gasteiger charge is -2.18. The molecule has 0 saturated heterocycles. The van der Waals surface area contributed by atoms with Crippen molar-refractivity contribution in [2.24, 2.45) is 5.73 Å². The van der Waals surface area contributed by atoms with Crippen LogP contribution in [0.3, 0.4) is 0 Å². The van der Waals surface area contributed by atoms with Crippen LogP contribution in [0.4, 0.5) is 5.69 Å². The Morgan fingerprint density at radius 1 is 1.15 bits per heavy atom. The first kappa shape index (κ1) is 15.2. The fourth-order valence-electron chi connectivity index (χ4n) is 1.78. The molecule has 1 atom stereocenters.